The Kier molecular flexibility index (Phi) is 5.67. The number of thiophene rings is 1. The smallest absolute Gasteiger partial charge is 0.261 e. The molecular formula is C21H32N2O2S. The zero-order valence-corrected chi connectivity index (χ0v) is 16.6. The second-order valence-electron chi connectivity index (χ2n) is 8.70. The van der Waals surface area contributed by atoms with E-state index in [-0.39, 0.29) is 17.4 Å². The van der Waals surface area contributed by atoms with Crippen molar-refractivity contribution in [2.75, 3.05) is 26.2 Å². The van der Waals surface area contributed by atoms with Gasteiger partial charge in [-0.25, -0.2) is 0 Å². The molecule has 1 amide bonds. The molecule has 2 aliphatic carbocycles. The monoisotopic (exact) mass is 376 g/mol. The van der Waals surface area contributed by atoms with Crippen LogP contribution in [0.5, 0.6) is 0 Å². The highest BCUT2D eigenvalue weighted by molar-refractivity contribution is 7.14. The van der Waals surface area contributed by atoms with Crippen LogP contribution in [-0.4, -0.2) is 48.2 Å². The normalized spacial score (nSPS) is 29.5. The number of aliphatic hydroxyl groups excluding tert-OH is 1. The molecule has 1 aromatic rings. The Balaban J connectivity index is 1.37. The van der Waals surface area contributed by atoms with Gasteiger partial charge in [-0.15, -0.1) is 11.3 Å². The van der Waals surface area contributed by atoms with E-state index in [1.165, 1.54) is 62.1 Å². The molecule has 1 saturated heterocycles. The third-order valence-corrected chi connectivity index (χ3v) is 7.68. The minimum absolute atomic E-state index is 0.0747. The molecule has 0 aromatic carbocycles. The molecule has 4 nitrogen and oxygen atoms in total. The fourth-order valence-corrected chi connectivity index (χ4v) is 6.17. The summed E-state index contributed by atoms with van der Waals surface area (Å²) in [5.41, 5.74) is 1.48. The van der Waals surface area contributed by atoms with Crippen LogP contribution in [0.3, 0.4) is 0 Å². The van der Waals surface area contributed by atoms with Crippen molar-refractivity contribution in [2.24, 2.45) is 5.41 Å². The summed E-state index contributed by atoms with van der Waals surface area (Å²) in [5, 5.41) is 13.1. The van der Waals surface area contributed by atoms with Crippen molar-refractivity contribution in [3.05, 3.63) is 21.4 Å². The van der Waals surface area contributed by atoms with Gasteiger partial charge in [-0.2, -0.15) is 0 Å². The van der Waals surface area contributed by atoms with Gasteiger partial charge in [0, 0.05) is 23.4 Å². The van der Waals surface area contributed by atoms with Crippen LogP contribution in [0.25, 0.3) is 0 Å². The number of carbonyl (C=O) groups excluding carboxylic acids is 1. The molecule has 0 spiro atoms. The Bertz CT molecular complexity index is 604. The van der Waals surface area contributed by atoms with Crippen molar-refractivity contribution < 1.29 is 9.90 Å². The van der Waals surface area contributed by atoms with Crippen LogP contribution in [-0.2, 0) is 12.8 Å². The van der Waals surface area contributed by atoms with E-state index in [9.17, 15) is 9.90 Å². The maximum atomic E-state index is 12.8. The number of carbonyl (C=O) groups is 1. The minimum Gasteiger partial charge on any atom is -0.393 e. The van der Waals surface area contributed by atoms with Crippen LogP contribution >= 0.6 is 11.3 Å². The van der Waals surface area contributed by atoms with E-state index in [1.807, 2.05) is 0 Å². The SMILES string of the molecule is O=C(NCC1(CN2CCCC2)CC(O)C1)c1cc2c(s1)CCCCCC2. The van der Waals surface area contributed by atoms with Crippen LogP contribution in [0, 0.1) is 5.41 Å². The second-order valence-corrected chi connectivity index (χ2v) is 9.84. The van der Waals surface area contributed by atoms with Gasteiger partial charge in [-0.05, 0) is 76.1 Å². The van der Waals surface area contributed by atoms with Gasteiger partial charge < -0.3 is 15.3 Å². The molecule has 1 aliphatic heterocycles. The molecule has 26 heavy (non-hydrogen) atoms. The summed E-state index contributed by atoms with van der Waals surface area (Å²) >= 11 is 1.70. The Morgan fingerprint density at radius 3 is 2.62 bits per heavy atom. The zero-order chi connectivity index (χ0) is 18.0. The number of hydrogen-bond acceptors (Lipinski definition) is 4. The van der Waals surface area contributed by atoms with E-state index >= 15 is 0 Å². The second kappa shape index (κ2) is 7.99. The van der Waals surface area contributed by atoms with Gasteiger partial charge in [0.25, 0.3) is 5.91 Å². The van der Waals surface area contributed by atoms with Crippen LogP contribution in [0.4, 0.5) is 0 Å². The summed E-state index contributed by atoms with van der Waals surface area (Å²) in [4.78, 5) is 17.6. The van der Waals surface area contributed by atoms with Crippen molar-refractivity contribution in [2.45, 2.75) is 70.3 Å². The average molecular weight is 377 g/mol. The molecule has 1 saturated carbocycles. The summed E-state index contributed by atoms with van der Waals surface area (Å²) in [6.45, 7) is 4.06. The van der Waals surface area contributed by atoms with Gasteiger partial charge in [-0.3, -0.25) is 4.79 Å². The summed E-state index contributed by atoms with van der Waals surface area (Å²) in [7, 11) is 0. The molecule has 0 bridgehead atoms. The Labute approximate surface area is 161 Å². The van der Waals surface area contributed by atoms with Gasteiger partial charge in [-0.1, -0.05) is 12.8 Å². The fourth-order valence-electron chi connectivity index (χ4n) is 5.00. The first-order valence-electron chi connectivity index (χ1n) is 10.4. The fraction of sp³-hybridized carbons (Fsp3) is 0.762. The molecular weight excluding hydrogens is 344 g/mol. The molecule has 2 fully saturated rings. The molecule has 2 heterocycles. The number of amides is 1. The highest BCUT2D eigenvalue weighted by atomic mass is 32.1. The van der Waals surface area contributed by atoms with Crippen molar-refractivity contribution >= 4 is 17.2 Å². The highest BCUT2D eigenvalue weighted by Crippen LogP contribution is 2.42. The first-order valence-corrected chi connectivity index (χ1v) is 11.3. The standard InChI is InChI=1S/C21H32N2O2S/c24-17-12-21(13-17,15-23-9-5-6-10-23)14-22-20(25)19-11-16-7-3-1-2-4-8-18(16)26-19/h11,17,24H,1-10,12-15H2,(H,22,25). The van der Waals surface area contributed by atoms with E-state index in [0.717, 1.165) is 37.1 Å². The summed E-state index contributed by atoms with van der Waals surface area (Å²) in [5.74, 6) is 0.0870. The van der Waals surface area contributed by atoms with E-state index in [4.69, 9.17) is 0 Å². The molecule has 144 valence electrons. The third-order valence-electron chi connectivity index (χ3n) is 6.44. The van der Waals surface area contributed by atoms with Crippen molar-refractivity contribution in [1.82, 2.24) is 10.2 Å². The first kappa shape index (κ1) is 18.5. The van der Waals surface area contributed by atoms with Crippen LogP contribution in [0.15, 0.2) is 6.07 Å². The van der Waals surface area contributed by atoms with Crippen LogP contribution in [0.2, 0.25) is 0 Å². The zero-order valence-electron chi connectivity index (χ0n) is 15.8. The summed E-state index contributed by atoms with van der Waals surface area (Å²) in [6, 6.07) is 2.14. The molecule has 0 radical (unpaired) electrons. The van der Waals surface area contributed by atoms with Gasteiger partial charge >= 0.3 is 0 Å². The Morgan fingerprint density at radius 2 is 1.88 bits per heavy atom. The van der Waals surface area contributed by atoms with Crippen LogP contribution < -0.4 is 5.32 Å². The lowest BCUT2D eigenvalue weighted by atomic mass is 9.66. The molecule has 1 aromatic heterocycles. The van der Waals surface area contributed by atoms with Crippen LogP contribution in [0.1, 0.15) is 71.5 Å². The molecule has 2 N–H and O–H groups in total. The first-order chi connectivity index (χ1) is 12.6. The minimum atomic E-state index is -0.184. The van der Waals surface area contributed by atoms with Crippen molar-refractivity contribution in [3.63, 3.8) is 0 Å². The average Bonchev–Trinajstić information content (AvgIpc) is 3.21. The van der Waals surface area contributed by atoms with Gasteiger partial charge in [0.05, 0.1) is 11.0 Å². The summed E-state index contributed by atoms with van der Waals surface area (Å²) < 4.78 is 0. The van der Waals surface area contributed by atoms with E-state index in [2.05, 4.69) is 16.3 Å². The molecule has 3 aliphatic rings. The number of hydrogen-bond donors (Lipinski definition) is 2. The van der Waals surface area contributed by atoms with Gasteiger partial charge in [0.2, 0.25) is 0 Å². The Hall–Kier alpha value is -0.910. The summed E-state index contributed by atoms with van der Waals surface area (Å²) in [6.07, 6.45) is 11.4. The van der Waals surface area contributed by atoms with Crippen molar-refractivity contribution in [3.8, 4) is 0 Å². The van der Waals surface area contributed by atoms with E-state index in [0.29, 0.717) is 6.54 Å². The number of likely N-dealkylation sites (tertiary alicyclic amines) is 1. The quantitative estimate of drug-likeness (QED) is 0.828. The molecule has 0 unspecified atom stereocenters. The molecule has 4 rings (SSSR count). The van der Waals surface area contributed by atoms with E-state index in [1.54, 1.807) is 11.3 Å². The molecule has 5 heteroatoms. The van der Waals surface area contributed by atoms with E-state index < -0.39 is 0 Å². The maximum absolute atomic E-state index is 12.8. The third kappa shape index (κ3) is 4.15. The molecule has 0 atom stereocenters. The van der Waals surface area contributed by atoms with Crippen molar-refractivity contribution in [1.29, 1.82) is 0 Å². The lowest BCUT2D eigenvalue weighted by Crippen LogP contribution is -2.54. The van der Waals surface area contributed by atoms with Gasteiger partial charge in [0.1, 0.15) is 0 Å². The number of fused-ring (bicyclic) bond motifs is 1. The maximum Gasteiger partial charge on any atom is 0.261 e. The predicted molar refractivity (Wildman–Crippen MR) is 106 cm³/mol. The topological polar surface area (TPSA) is 52.6 Å². The highest BCUT2D eigenvalue weighted by Gasteiger charge is 2.45. The number of aliphatic hydroxyl groups is 1. The number of nitrogens with one attached hydrogen (secondary N) is 1. The number of nitrogens with zero attached hydrogens (tertiary/aromatic N) is 1. The lowest BCUT2D eigenvalue weighted by molar-refractivity contribution is -0.0464. The van der Waals surface area contributed by atoms with Gasteiger partial charge in [0.15, 0.2) is 0 Å². The lowest BCUT2D eigenvalue weighted by Gasteiger charge is -2.47. The predicted octanol–water partition coefficient (Wildman–Crippen LogP) is 3.37. The largest absolute Gasteiger partial charge is 0.393 e. The Morgan fingerprint density at radius 1 is 1.15 bits per heavy atom. The number of aryl methyl sites for hydroxylation is 2. The number of rotatable bonds is 5.